The summed E-state index contributed by atoms with van der Waals surface area (Å²) in [4.78, 5) is 15.0. The molecule has 0 spiro atoms. The summed E-state index contributed by atoms with van der Waals surface area (Å²) in [7, 11) is 0. The molecule has 2 unspecified atom stereocenters. The van der Waals surface area contributed by atoms with Gasteiger partial charge in [0.1, 0.15) is 0 Å². The lowest BCUT2D eigenvalue weighted by atomic mass is 9.84. The van der Waals surface area contributed by atoms with Gasteiger partial charge in [0.25, 0.3) is 0 Å². The number of nitrogens with one attached hydrogen (secondary N) is 1. The average molecular weight is 353 g/mol. The molecule has 1 N–H and O–H groups in total. The third kappa shape index (κ3) is 4.95. The molecule has 2 aliphatic rings. The Bertz CT molecular complexity index is 501. The first-order chi connectivity index (χ1) is 11.2. The van der Waals surface area contributed by atoms with Gasteiger partial charge in [0.05, 0.1) is 19.3 Å². The highest BCUT2D eigenvalue weighted by Gasteiger charge is 2.29. The van der Waals surface area contributed by atoms with E-state index in [-0.39, 0.29) is 30.4 Å². The predicted octanol–water partition coefficient (Wildman–Crippen LogP) is 3.18. The highest BCUT2D eigenvalue weighted by Crippen LogP contribution is 2.31. The van der Waals surface area contributed by atoms with Crippen LogP contribution in [0.5, 0.6) is 0 Å². The molecule has 5 heteroatoms. The second kappa shape index (κ2) is 9.40. The van der Waals surface area contributed by atoms with E-state index in [0.29, 0.717) is 18.9 Å². The van der Waals surface area contributed by atoms with Crippen LogP contribution in [-0.2, 0) is 9.53 Å². The van der Waals surface area contributed by atoms with Crippen molar-refractivity contribution >= 4 is 18.3 Å². The van der Waals surface area contributed by atoms with E-state index in [0.717, 1.165) is 19.7 Å². The third-order valence-corrected chi connectivity index (χ3v) is 5.17. The molecule has 134 valence electrons. The van der Waals surface area contributed by atoms with Crippen LogP contribution in [0.25, 0.3) is 0 Å². The van der Waals surface area contributed by atoms with Gasteiger partial charge in [-0.25, -0.2) is 0 Å². The fourth-order valence-corrected chi connectivity index (χ4v) is 3.42. The van der Waals surface area contributed by atoms with Crippen molar-refractivity contribution < 1.29 is 9.53 Å². The summed E-state index contributed by atoms with van der Waals surface area (Å²) >= 11 is 0. The van der Waals surface area contributed by atoms with Gasteiger partial charge in [-0.2, -0.15) is 0 Å². The van der Waals surface area contributed by atoms with Gasteiger partial charge in [-0.05, 0) is 31.2 Å². The summed E-state index contributed by atoms with van der Waals surface area (Å²) in [5, 5.41) is 3.39. The van der Waals surface area contributed by atoms with E-state index in [9.17, 15) is 4.79 Å². The smallest absolute Gasteiger partial charge is 0.224 e. The number of rotatable bonds is 6. The number of nitrogens with zero attached hydrogens (tertiary/aromatic N) is 1. The van der Waals surface area contributed by atoms with Crippen LogP contribution < -0.4 is 5.32 Å². The number of halogens is 1. The maximum Gasteiger partial charge on any atom is 0.224 e. The number of benzene rings is 1. The Labute approximate surface area is 151 Å². The summed E-state index contributed by atoms with van der Waals surface area (Å²) in [6.45, 7) is 5.27. The van der Waals surface area contributed by atoms with Crippen molar-refractivity contribution in [1.82, 2.24) is 10.2 Å². The predicted molar refractivity (Wildman–Crippen MR) is 98.4 cm³/mol. The van der Waals surface area contributed by atoms with Crippen LogP contribution in [0.3, 0.4) is 0 Å². The first-order valence-corrected chi connectivity index (χ1v) is 8.89. The normalized spacial score (nSPS) is 22.1. The molecule has 0 aromatic heterocycles. The molecule has 0 bridgehead atoms. The van der Waals surface area contributed by atoms with Crippen LogP contribution in [0.15, 0.2) is 30.3 Å². The van der Waals surface area contributed by atoms with Crippen LogP contribution in [0.4, 0.5) is 0 Å². The van der Waals surface area contributed by atoms with Crippen LogP contribution in [0, 0.1) is 5.92 Å². The highest BCUT2D eigenvalue weighted by molar-refractivity contribution is 5.85. The number of carbonyl (C=O) groups excluding carboxylic acids is 1. The molecule has 1 saturated heterocycles. The van der Waals surface area contributed by atoms with E-state index in [1.165, 1.54) is 24.8 Å². The molecular formula is C19H29ClN2O2. The maximum absolute atomic E-state index is 12.9. The summed E-state index contributed by atoms with van der Waals surface area (Å²) in [5.41, 5.74) is 1.22. The molecule has 1 saturated carbocycles. The molecule has 0 radical (unpaired) electrons. The van der Waals surface area contributed by atoms with Crippen LogP contribution in [0.1, 0.15) is 44.2 Å². The molecule has 4 nitrogen and oxygen atoms in total. The molecule has 2 atom stereocenters. The van der Waals surface area contributed by atoms with Crippen LogP contribution >= 0.6 is 12.4 Å². The molecular weight excluding hydrogens is 324 g/mol. The van der Waals surface area contributed by atoms with Gasteiger partial charge < -0.3 is 15.0 Å². The molecule has 1 aromatic rings. The first kappa shape index (κ1) is 19.2. The van der Waals surface area contributed by atoms with Crippen LogP contribution in [0.2, 0.25) is 0 Å². The Morgan fingerprint density at radius 2 is 2.08 bits per heavy atom. The van der Waals surface area contributed by atoms with Crippen molar-refractivity contribution in [3.8, 4) is 0 Å². The lowest BCUT2D eigenvalue weighted by Crippen LogP contribution is -2.46. The first-order valence-electron chi connectivity index (χ1n) is 8.89. The van der Waals surface area contributed by atoms with E-state index < -0.39 is 0 Å². The van der Waals surface area contributed by atoms with Gasteiger partial charge in [-0.15, -0.1) is 12.4 Å². The number of morpholine rings is 1. The zero-order chi connectivity index (χ0) is 16.1. The van der Waals surface area contributed by atoms with Crippen molar-refractivity contribution in [3.63, 3.8) is 0 Å². The third-order valence-electron chi connectivity index (χ3n) is 5.17. The highest BCUT2D eigenvalue weighted by atomic mass is 35.5. The maximum atomic E-state index is 12.9. The van der Waals surface area contributed by atoms with Gasteiger partial charge in [-0.3, -0.25) is 4.79 Å². The number of amides is 1. The summed E-state index contributed by atoms with van der Waals surface area (Å²) in [6.07, 6.45) is 4.36. The minimum Gasteiger partial charge on any atom is -0.378 e. The Morgan fingerprint density at radius 1 is 1.33 bits per heavy atom. The lowest BCUT2D eigenvalue weighted by Gasteiger charge is -2.37. The zero-order valence-corrected chi connectivity index (χ0v) is 15.3. The van der Waals surface area contributed by atoms with Gasteiger partial charge in [-0.1, -0.05) is 36.8 Å². The van der Waals surface area contributed by atoms with Gasteiger partial charge >= 0.3 is 0 Å². The van der Waals surface area contributed by atoms with Gasteiger partial charge in [0, 0.05) is 25.6 Å². The minimum absolute atomic E-state index is 0. The second-order valence-corrected chi connectivity index (χ2v) is 6.86. The fourth-order valence-electron chi connectivity index (χ4n) is 3.42. The van der Waals surface area contributed by atoms with Crippen molar-refractivity contribution in [2.24, 2.45) is 5.92 Å². The minimum atomic E-state index is 0. The second-order valence-electron chi connectivity index (χ2n) is 6.86. The Balaban J connectivity index is 0.00000208. The number of carbonyl (C=O) groups is 1. The van der Waals surface area contributed by atoms with E-state index in [2.05, 4.69) is 29.3 Å². The molecule has 1 amide bonds. The summed E-state index contributed by atoms with van der Waals surface area (Å²) in [5.74, 6) is 0.928. The van der Waals surface area contributed by atoms with Crippen LogP contribution in [-0.4, -0.2) is 43.2 Å². The number of hydrogen-bond acceptors (Lipinski definition) is 3. The van der Waals surface area contributed by atoms with Crippen molar-refractivity contribution in [1.29, 1.82) is 0 Å². The Hall–Kier alpha value is -1.10. The lowest BCUT2D eigenvalue weighted by molar-refractivity contribution is -0.135. The average Bonchev–Trinajstić information content (AvgIpc) is 2.55. The van der Waals surface area contributed by atoms with E-state index in [1.54, 1.807) is 0 Å². The van der Waals surface area contributed by atoms with Gasteiger partial charge in [0.15, 0.2) is 0 Å². The quantitative estimate of drug-likeness (QED) is 0.855. The number of hydrogen-bond donors (Lipinski definition) is 1. The standard InChI is InChI=1S/C19H28N2O2.ClH/c1-15(17-8-3-2-4-9-17)21(13-16-6-5-7-16)19(22)12-18-14-23-11-10-20-18;/h2-4,8-9,15-16,18,20H,5-7,10-14H2,1H3;1H. The topological polar surface area (TPSA) is 41.6 Å². The fraction of sp³-hybridized carbons (Fsp3) is 0.632. The molecule has 3 rings (SSSR count). The van der Waals surface area contributed by atoms with E-state index >= 15 is 0 Å². The SMILES string of the molecule is CC(c1ccccc1)N(CC1CCC1)C(=O)CC1COCCN1.Cl. The molecule has 2 fully saturated rings. The molecule has 24 heavy (non-hydrogen) atoms. The monoisotopic (exact) mass is 352 g/mol. The van der Waals surface area contributed by atoms with E-state index in [4.69, 9.17) is 4.74 Å². The van der Waals surface area contributed by atoms with E-state index in [1.807, 2.05) is 18.2 Å². The Morgan fingerprint density at radius 3 is 2.67 bits per heavy atom. The van der Waals surface area contributed by atoms with Gasteiger partial charge in [0.2, 0.25) is 5.91 Å². The molecule has 1 aliphatic carbocycles. The Kier molecular flexibility index (Phi) is 7.53. The largest absolute Gasteiger partial charge is 0.378 e. The van der Waals surface area contributed by atoms with Crippen molar-refractivity contribution in [2.75, 3.05) is 26.3 Å². The number of ether oxygens (including phenoxy) is 1. The van der Waals surface area contributed by atoms with Crippen molar-refractivity contribution in [3.05, 3.63) is 35.9 Å². The zero-order valence-electron chi connectivity index (χ0n) is 14.4. The molecule has 1 aliphatic heterocycles. The van der Waals surface area contributed by atoms with Crippen molar-refractivity contribution in [2.45, 2.75) is 44.7 Å². The molecule has 1 heterocycles. The summed E-state index contributed by atoms with van der Waals surface area (Å²) in [6, 6.07) is 10.7. The summed E-state index contributed by atoms with van der Waals surface area (Å²) < 4.78 is 5.49. The molecule has 1 aromatic carbocycles.